The number of hydrogen-bond donors (Lipinski definition) is 0. The first kappa shape index (κ1) is 8.85. The number of rotatable bonds is 2. The summed E-state index contributed by atoms with van der Waals surface area (Å²) in [5.74, 6) is 0.627. The van der Waals surface area contributed by atoms with E-state index in [2.05, 4.69) is 10.0 Å². The van der Waals surface area contributed by atoms with E-state index in [1.54, 1.807) is 0 Å². The van der Waals surface area contributed by atoms with E-state index in [1.807, 2.05) is 0 Å². The van der Waals surface area contributed by atoms with E-state index in [4.69, 9.17) is 10.3 Å². The van der Waals surface area contributed by atoms with E-state index in [9.17, 15) is 0 Å². The molecule has 0 unspecified atom stereocenters. The van der Waals surface area contributed by atoms with E-state index in [0.717, 1.165) is 13.2 Å². The summed E-state index contributed by atoms with van der Waals surface area (Å²) in [4.78, 5) is 2.80. The second-order valence-electron chi connectivity index (χ2n) is 4.35. The summed E-state index contributed by atoms with van der Waals surface area (Å²) in [6, 6.07) is 0. The molecule has 4 heteroatoms. The van der Waals surface area contributed by atoms with Crippen LogP contribution in [-0.4, -0.2) is 19.8 Å². The maximum absolute atomic E-state index is 8.20. The molecule has 1 spiro atoms. The zero-order chi connectivity index (χ0) is 9.15. The summed E-state index contributed by atoms with van der Waals surface area (Å²) < 4.78 is 5.25. The first-order valence-corrected chi connectivity index (χ1v) is 4.93. The molecule has 72 valence electrons. The molecule has 1 saturated heterocycles. The lowest BCUT2D eigenvalue weighted by atomic mass is 9.69. The lowest BCUT2D eigenvalue weighted by Gasteiger charge is -2.46. The fourth-order valence-electron chi connectivity index (χ4n) is 2.30. The first-order valence-electron chi connectivity index (χ1n) is 4.93. The topological polar surface area (TPSA) is 58.0 Å². The van der Waals surface area contributed by atoms with Gasteiger partial charge in [0.25, 0.3) is 0 Å². The van der Waals surface area contributed by atoms with Crippen molar-refractivity contribution in [3.05, 3.63) is 10.4 Å². The molecule has 0 atom stereocenters. The molecule has 2 aliphatic rings. The van der Waals surface area contributed by atoms with E-state index in [1.165, 1.54) is 25.7 Å². The second-order valence-corrected chi connectivity index (χ2v) is 4.35. The van der Waals surface area contributed by atoms with E-state index < -0.39 is 0 Å². The molecule has 0 radical (unpaired) electrons. The Balaban J connectivity index is 1.78. The highest BCUT2D eigenvalue weighted by molar-refractivity contribution is 4.90. The van der Waals surface area contributed by atoms with Crippen LogP contribution in [0, 0.1) is 11.3 Å². The van der Waals surface area contributed by atoms with Crippen LogP contribution in [0.4, 0.5) is 0 Å². The predicted octanol–water partition coefficient (Wildman–Crippen LogP) is 2.50. The molecule has 1 aliphatic carbocycles. The molecule has 1 heterocycles. The van der Waals surface area contributed by atoms with Crippen LogP contribution >= 0.6 is 0 Å². The van der Waals surface area contributed by atoms with Crippen LogP contribution in [0.5, 0.6) is 0 Å². The van der Waals surface area contributed by atoms with Crippen molar-refractivity contribution in [2.75, 3.05) is 19.8 Å². The average molecular weight is 181 g/mol. The Morgan fingerprint density at radius 2 is 2.08 bits per heavy atom. The standard InChI is InChI=1S/C9H15N3O/c10-12-11-5-8-1-3-9(4-2-8)6-13-7-9/h8H,1-7H2. The average Bonchev–Trinajstić information content (AvgIpc) is 2.13. The van der Waals surface area contributed by atoms with E-state index >= 15 is 0 Å². The van der Waals surface area contributed by atoms with Gasteiger partial charge >= 0.3 is 0 Å². The highest BCUT2D eigenvalue weighted by Crippen LogP contribution is 2.44. The molecule has 0 aromatic carbocycles. The van der Waals surface area contributed by atoms with Crippen molar-refractivity contribution in [3.63, 3.8) is 0 Å². The first-order chi connectivity index (χ1) is 6.35. The molecule has 0 aromatic rings. The fraction of sp³-hybridized carbons (Fsp3) is 1.00. The second kappa shape index (κ2) is 3.56. The van der Waals surface area contributed by atoms with Crippen LogP contribution in [0.15, 0.2) is 5.11 Å². The highest BCUT2D eigenvalue weighted by Gasteiger charge is 2.41. The third-order valence-electron chi connectivity index (χ3n) is 3.39. The molecule has 2 fully saturated rings. The van der Waals surface area contributed by atoms with Crippen molar-refractivity contribution in [1.29, 1.82) is 0 Å². The minimum Gasteiger partial charge on any atom is -0.380 e. The minimum atomic E-state index is 0.521. The maximum atomic E-state index is 8.20. The molecular weight excluding hydrogens is 166 g/mol. The van der Waals surface area contributed by atoms with Crippen molar-refractivity contribution in [2.24, 2.45) is 16.4 Å². The largest absolute Gasteiger partial charge is 0.380 e. The zero-order valence-corrected chi connectivity index (χ0v) is 7.78. The van der Waals surface area contributed by atoms with Gasteiger partial charge in [-0.1, -0.05) is 5.11 Å². The summed E-state index contributed by atoms with van der Waals surface area (Å²) in [6.45, 7) is 2.61. The molecule has 0 bridgehead atoms. The number of nitrogens with zero attached hydrogens (tertiary/aromatic N) is 3. The normalized spacial score (nSPS) is 26.5. The Labute approximate surface area is 77.9 Å². The molecule has 0 amide bonds. The Morgan fingerprint density at radius 3 is 2.54 bits per heavy atom. The van der Waals surface area contributed by atoms with Crippen LogP contribution < -0.4 is 0 Å². The molecule has 1 saturated carbocycles. The third-order valence-corrected chi connectivity index (χ3v) is 3.39. The monoisotopic (exact) mass is 181 g/mol. The quantitative estimate of drug-likeness (QED) is 0.367. The predicted molar refractivity (Wildman–Crippen MR) is 49.2 cm³/mol. The van der Waals surface area contributed by atoms with Crippen molar-refractivity contribution >= 4 is 0 Å². The smallest absolute Gasteiger partial charge is 0.0544 e. The van der Waals surface area contributed by atoms with Crippen molar-refractivity contribution in [2.45, 2.75) is 25.7 Å². The van der Waals surface area contributed by atoms with Gasteiger partial charge in [0.2, 0.25) is 0 Å². The zero-order valence-electron chi connectivity index (χ0n) is 7.78. The fourth-order valence-corrected chi connectivity index (χ4v) is 2.30. The molecule has 0 N–H and O–H groups in total. The summed E-state index contributed by atoms with van der Waals surface area (Å²) in [5.41, 5.74) is 8.72. The van der Waals surface area contributed by atoms with Gasteiger partial charge in [0, 0.05) is 16.9 Å². The Kier molecular flexibility index (Phi) is 2.42. The maximum Gasteiger partial charge on any atom is 0.0544 e. The van der Waals surface area contributed by atoms with E-state index in [0.29, 0.717) is 17.9 Å². The lowest BCUT2D eigenvalue weighted by Crippen LogP contribution is -2.45. The molecule has 13 heavy (non-hydrogen) atoms. The summed E-state index contributed by atoms with van der Waals surface area (Å²) in [5, 5.41) is 3.64. The molecule has 1 aliphatic heterocycles. The molecular formula is C9H15N3O. The van der Waals surface area contributed by atoms with Crippen molar-refractivity contribution in [1.82, 2.24) is 0 Å². The van der Waals surface area contributed by atoms with Gasteiger partial charge in [0.1, 0.15) is 0 Å². The highest BCUT2D eigenvalue weighted by atomic mass is 16.5. The summed E-state index contributed by atoms with van der Waals surface area (Å²) in [6.07, 6.45) is 4.95. The van der Waals surface area contributed by atoms with E-state index in [-0.39, 0.29) is 0 Å². The van der Waals surface area contributed by atoms with Gasteiger partial charge in [0.05, 0.1) is 13.2 Å². The van der Waals surface area contributed by atoms with Crippen LogP contribution in [-0.2, 0) is 4.74 Å². The Hall–Kier alpha value is -0.730. The molecule has 0 aromatic heterocycles. The van der Waals surface area contributed by atoms with Gasteiger partial charge in [-0.15, -0.1) is 0 Å². The Bertz CT molecular complexity index is 221. The van der Waals surface area contributed by atoms with Gasteiger partial charge in [-0.3, -0.25) is 0 Å². The van der Waals surface area contributed by atoms with Crippen LogP contribution in [0.2, 0.25) is 0 Å². The summed E-state index contributed by atoms with van der Waals surface area (Å²) in [7, 11) is 0. The van der Waals surface area contributed by atoms with Gasteiger partial charge in [-0.2, -0.15) is 0 Å². The molecule has 2 rings (SSSR count). The van der Waals surface area contributed by atoms with Gasteiger partial charge in [-0.05, 0) is 37.1 Å². The third kappa shape index (κ3) is 1.79. The van der Waals surface area contributed by atoms with Gasteiger partial charge in [0.15, 0.2) is 0 Å². The Morgan fingerprint density at radius 1 is 1.38 bits per heavy atom. The van der Waals surface area contributed by atoms with Gasteiger partial charge < -0.3 is 4.74 Å². The summed E-state index contributed by atoms with van der Waals surface area (Å²) >= 11 is 0. The van der Waals surface area contributed by atoms with Gasteiger partial charge in [-0.25, -0.2) is 0 Å². The number of ether oxygens (including phenoxy) is 1. The van der Waals surface area contributed by atoms with Crippen LogP contribution in [0.25, 0.3) is 10.4 Å². The van der Waals surface area contributed by atoms with Crippen molar-refractivity contribution < 1.29 is 4.74 Å². The molecule has 4 nitrogen and oxygen atoms in total. The lowest BCUT2D eigenvalue weighted by molar-refractivity contribution is -0.135. The number of azide groups is 1. The van der Waals surface area contributed by atoms with Crippen LogP contribution in [0.3, 0.4) is 0 Å². The minimum absolute atomic E-state index is 0.521. The number of hydrogen-bond acceptors (Lipinski definition) is 2. The van der Waals surface area contributed by atoms with Crippen molar-refractivity contribution in [3.8, 4) is 0 Å². The van der Waals surface area contributed by atoms with Crippen LogP contribution in [0.1, 0.15) is 25.7 Å². The SMILES string of the molecule is [N-]=[N+]=NCC1CCC2(CC1)COC2.